The van der Waals surface area contributed by atoms with Gasteiger partial charge >= 0.3 is 0 Å². The van der Waals surface area contributed by atoms with Crippen LogP contribution in [0, 0.1) is 0 Å². The zero-order valence-electron chi connectivity index (χ0n) is 15.0. The topological polar surface area (TPSA) is 80.1 Å². The van der Waals surface area contributed by atoms with E-state index in [-0.39, 0.29) is 11.8 Å². The quantitative estimate of drug-likeness (QED) is 0.736. The van der Waals surface area contributed by atoms with Crippen molar-refractivity contribution in [2.24, 2.45) is 0 Å². The van der Waals surface area contributed by atoms with Crippen LogP contribution in [0.15, 0.2) is 61.1 Å². The molecule has 7 nitrogen and oxygen atoms in total. The van der Waals surface area contributed by atoms with Gasteiger partial charge in [0.25, 0.3) is 5.91 Å². The van der Waals surface area contributed by atoms with Crippen molar-refractivity contribution in [1.29, 1.82) is 0 Å². The lowest BCUT2D eigenvalue weighted by Gasteiger charge is -2.33. The smallest absolute Gasteiger partial charge is 0.255 e. The predicted molar refractivity (Wildman–Crippen MR) is 106 cm³/mol. The van der Waals surface area contributed by atoms with E-state index in [1.165, 1.54) is 4.68 Å². The number of benzene rings is 1. The van der Waals surface area contributed by atoms with E-state index in [0.717, 1.165) is 6.42 Å². The Hall–Kier alpha value is -3.19. The van der Waals surface area contributed by atoms with Gasteiger partial charge in [-0.1, -0.05) is 23.7 Å². The second kappa shape index (κ2) is 7.82. The summed E-state index contributed by atoms with van der Waals surface area (Å²) in [4.78, 5) is 31.8. The minimum absolute atomic E-state index is 0.169. The van der Waals surface area contributed by atoms with Gasteiger partial charge in [-0.05, 0) is 43.2 Å². The third-order valence-electron chi connectivity index (χ3n) is 4.64. The van der Waals surface area contributed by atoms with Crippen molar-refractivity contribution < 1.29 is 9.59 Å². The summed E-state index contributed by atoms with van der Waals surface area (Å²) in [5.41, 5.74) is 1.01. The van der Waals surface area contributed by atoms with Crippen LogP contribution in [0.25, 0.3) is 5.82 Å². The number of para-hydroxylation sites is 1. The highest BCUT2D eigenvalue weighted by Crippen LogP contribution is 2.28. The molecule has 0 aliphatic carbocycles. The van der Waals surface area contributed by atoms with E-state index < -0.39 is 6.04 Å². The van der Waals surface area contributed by atoms with Gasteiger partial charge in [0.1, 0.15) is 6.04 Å². The minimum Gasteiger partial charge on any atom is -0.340 e. The first-order chi connectivity index (χ1) is 13.6. The Morgan fingerprint density at radius 2 is 2.00 bits per heavy atom. The fraction of sp³-hybridized carbons (Fsp3) is 0.200. The molecule has 3 heterocycles. The van der Waals surface area contributed by atoms with Crippen LogP contribution in [0.5, 0.6) is 0 Å². The highest BCUT2D eigenvalue weighted by Gasteiger charge is 2.32. The maximum absolute atomic E-state index is 13.0. The number of nitrogens with one attached hydrogen (secondary N) is 1. The summed E-state index contributed by atoms with van der Waals surface area (Å²) in [5, 5.41) is 7.50. The monoisotopic (exact) mass is 395 g/mol. The van der Waals surface area contributed by atoms with E-state index in [0.29, 0.717) is 35.1 Å². The number of pyridine rings is 1. The van der Waals surface area contributed by atoms with Crippen molar-refractivity contribution in [3.8, 4) is 5.82 Å². The van der Waals surface area contributed by atoms with E-state index in [4.69, 9.17) is 11.6 Å². The lowest BCUT2D eigenvalue weighted by molar-refractivity contribution is -0.121. The van der Waals surface area contributed by atoms with Crippen molar-refractivity contribution in [2.75, 3.05) is 11.4 Å². The highest BCUT2D eigenvalue weighted by atomic mass is 35.5. The van der Waals surface area contributed by atoms with E-state index in [2.05, 4.69) is 15.4 Å². The fourth-order valence-corrected chi connectivity index (χ4v) is 3.54. The zero-order chi connectivity index (χ0) is 19.5. The summed E-state index contributed by atoms with van der Waals surface area (Å²) < 4.78 is 1.52. The molecule has 8 heteroatoms. The van der Waals surface area contributed by atoms with Crippen molar-refractivity contribution in [2.45, 2.75) is 18.9 Å². The molecule has 0 spiro atoms. The Labute approximate surface area is 166 Å². The first kappa shape index (κ1) is 18.2. The number of hydrogen-bond acceptors (Lipinski definition) is 4. The summed E-state index contributed by atoms with van der Waals surface area (Å²) >= 11 is 6.25. The molecular weight excluding hydrogens is 378 g/mol. The maximum Gasteiger partial charge on any atom is 0.255 e. The van der Waals surface area contributed by atoms with Gasteiger partial charge in [-0.3, -0.25) is 9.59 Å². The zero-order valence-corrected chi connectivity index (χ0v) is 15.7. The Morgan fingerprint density at radius 1 is 1.14 bits per heavy atom. The lowest BCUT2D eigenvalue weighted by atomic mass is 10.0. The van der Waals surface area contributed by atoms with Crippen molar-refractivity contribution >= 4 is 29.1 Å². The van der Waals surface area contributed by atoms with Crippen molar-refractivity contribution in [3.05, 3.63) is 71.6 Å². The molecule has 1 aliphatic heterocycles. The summed E-state index contributed by atoms with van der Waals surface area (Å²) in [5.74, 6) is -0.119. The van der Waals surface area contributed by atoms with Crippen LogP contribution in [-0.4, -0.2) is 39.2 Å². The largest absolute Gasteiger partial charge is 0.340 e. The van der Waals surface area contributed by atoms with Gasteiger partial charge in [0, 0.05) is 25.1 Å². The van der Waals surface area contributed by atoms with Crippen LogP contribution in [0.2, 0.25) is 5.02 Å². The number of piperidine rings is 1. The van der Waals surface area contributed by atoms with Crippen molar-refractivity contribution in [3.63, 3.8) is 0 Å². The van der Waals surface area contributed by atoms with Gasteiger partial charge in [-0.2, -0.15) is 5.10 Å². The van der Waals surface area contributed by atoms with Crippen molar-refractivity contribution in [1.82, 2.24) is 20.1 Å². The SMILES string of the molecule is O=C(NC1CCCN(c2ccccc2Cl)C1=O)c1cccnc1-n1cccn1. The molecule has 0 bridgehead atoms. The molecule has 2 amide bonds. The number of rotatable bonds is 4. The van der Waals surface area contributed by atoms with Gasteiger partial charge in [0.2, 0.25) is 5.91 Å². The van der Waals surface area contributed by atoms with E-state index >= 15 is 0 Å². The molecule has 3 aromatic rings. The van der Waals surface area contributed by atoms with Crippen LogP contribution in [-0.2, 0) is 4.79 Å². The standard InChI is InChI=1S/C20H18ClN5O2/c21-15-7-1-2-9-17(15)25-12-4-8-16(20(25)28)24-19(27)14-6-3-10-22-18(14)26-13-5-11-23-26/h1-3,5-7,9-11,13,16H,4,8,12H2,(H,24,27). The second-order valence-corrected chi connectivity index (χ2v) is 6.84. The first-order valence-electron chi connectivity index (χ1n) is 8.97. The second-order valence-electron chi connectivity index (χ2n) is 6.43. The molecule has 1 N–H and O–H groups in total. The normalized spacial score (nSPS) is 16.8. The van der Waals surface area contributed by atoms with Crippen LogP contribution >= 0.6 is 11.6 Å². The molecule has 0 radical (unpaired) electrons. The minimum atomic E-state index is -0.622. The van der Waals surface area contributed by atoms with Crippen LogP contribution < -0.4 is 10.2 Å². The van der Waals surface area contributed by atoms with Crippen LogP contribution in [0.1, 0.15) is 23.2 Å². The molecule has 142 valence electrons. The Kier molecular flexibility index (Phi) is 5.08. The lowest BCUT2D eigenvalue weighted by Crippen LogP contribution is -2.52. The molecule has 1 saturated heterocycles. The molecule has 1 atom stereocenters. The van der Waals surface area contributed by atoms with E-state index in [1.54, 1.807) is 53.8 Å². The number of nitrogens with zero attached hydrogens (tertiary/aromatic N) is 4. The maximum atomic E-state index is 13.0. The predicted octanol–water partition coefficient (Wildman–Crippen LogP) is 2.85. The Balaban J connectivity index is 1.56. The Morgan fingerprint density at radius 3 is 2.79 bits per heavy atom. The van der Waals surface area contributed by atoms with Gasteiger partial charge in [-0.25, -0.2) is 9.67 Å². The molecule has 28 heavy (non-hydrogen) atoms. The third kappa shape index (κ3) is 3.48. The molecule has 4 rings (SSSR count). The number of carbonyl (C=O) groups is 2. The first-order valence-corrected chi connectivity index (χ1v) is 9.35. The van der Waals surface area contributed by atoms with Gasteiger partial charge in [-0.15, -0.1) is 0 Å². The van der Waals surface area contributed by atoms with Gasteiger partial charge in [0.05, 0.1) is 16.3 Å². The molecule has 1 unspecified atom stereocenters. The number of halogens is 1. The summed E-state index contributed by atoms with van der Waals surface area (Å²) in [6.45, 7) is 0.570. The average Bonchev–Trinajstić information content (AvgIpc) is 3.25. The molecule has 2 aromatic heterocycles. The van der Waals surface area contributed by atoms with E-state index in [9.17, 15) is 9.59 Å². The number of amides is 2. The summed E-state index contributed by atoms with van der Waals surface area (Å²) in [6, 6.07) is 11.7. The Bertz CT molecular complexity index is 1010. The summed E-state index contributed by atoms with van der Waals surface area (Å²) in [7, 11) is 0. The molecular formula is C20H18ClN5O2. The number of aromatic nitrogens is 3. The average molecular weight is 396 g/mol. The molecule has 0 saturated carbocycles. The number of hydrogen-bond donors (Lipinski definition) is 1. The third-order valence-corrected chi connectivity index (χ3v) is 4.96. The van der Waals surface area contributed by atoms with E-state index in [1.807, 2.05) is 12.1 Å². The molecule has 1 aliphatic rings. The van der Waals surface area contributed by atoms with Gasteiger partial charge < -0.3 is 10.2 Å². The van der Waals surface area contributed by atoms with Gasteiger partial charge in [0.15, 0.2) is 5.82 Å². The fourth-order valence-electron chi connectivity index (χ4n) is 3.31. The molecule has 1 fully saturated rings. The number of carbonyl (C=O) groups excluding carboxylic acids is 2. The number of anilines is 1. The van der Waals surface area contributed by atoms with Crippen LogP contribution in [0.3, 0.4) is 0 Å². The summed E-state index contributed by atoms with van der Waals surface area (Å²) in [6.07, 6.45) is 6.26. The van der Waals surface area contributed by atoms with Crippen LogP contribution in [0.4, 0.5) is 5.69 Å². The molecule has 1 aromatic carbocycles. The highest BCUT2D eigenvalue weighted by molar-refractivity contribution is 6.33.